The molecular formula is C20H25ClN2O4S. The van der Waals surface area contributed by atoms with Crippen LogP contribution < -0.4 is 10.1 Å². The van der Waals surface area contributed by atoms with E-state index >= 15 is 0 Å². The zero-order valence-corrected chi connectivity index (χ0v) is 18.0. The van der Waals surface area contributed by atoms with E-state index in [1.54, 1.807) is 19.9 Å². The summed E-state index contributed by atoms with van der Waals surface area (Å²) in [5, 5.41) is 3.40. The number of nitrogens with zero attached hydrogens (tertiary/aromatic N) is 1. The molecule has 0 radical (unpaired) electrons. The van der Waals surface area contributed by atoms with E-state index in [1.807, 2.05) is 25.1 Å². The maximum atomic E-state index is 12.9. The number of methoxy groups -OCH3 is 1. The molecule has 0 bridgehead atoms. The Balaban J connectivity index is 2.37. The fraction of sp³-hybridized carbons (Fsp3) is 0.350. The molecular weight excluding hydrogens is 400 g/mol. The predicted molar refractivity (Wildman–Crippen MR) is 110 cm³/mol. The molecule has 1 amide bonds. The summed E-state index contributed by atoms with van der Waals surface area (Å²) in [7, 11) is -2.38. The van der Waals surface area contributed by atoms with Gasteiger partial charge < -0.3 is 10.1 Å². The SMILES string of the molecule is CCN(CC)S(=O)(=O)c1cc(C(=O)NC(C)c2ccccc2Cl)ccc1OC. The quantitative estimate of drug-likeness (QED) is 0.697. The number of ether oxygens (including phenoxy) is 1. The second kappa shape index (κ2) is 9.41. The molecule has 6 nitrogen and oxygen atoms in total. The van der Waals surface area contributed by atoms with E-state index in [1.165, 1.54) is 29.6 Å². The molecule has 2 aromatic carbocycles. The molecule has 0 aliphatic rings. The molecule has 0 aromatic heterocycles. The molecule has 2 rings (SSSR count). The van der Waals surface area contributed by atoms with Crippen molar-refractivity contribution in [3.8, 4) is 5.75 Å². The maximum absolute atomic E-state index is 12.9. The first-order valence-corrected chi connectivity index (χ1v) is 10.8. The molecule has 0 saturated heterocycles. The second-order valence-corrected chi connectivity index (χ2v) is 8.49. The summed E-state index contributed by atoms with van der Waals surface area (Å²) in [6.45, 7) is 5.98. The molecule has 28 heavy (non-hydrogen) atoms. The lowest BCUT2D eigenvalue weighted by Gasteiger charge is -2.21. The molecule has 2 aromatic rings. The summed E-state index contributed by atoms with van der Waals surface area (Å²) < 4.78 is 32.4. The number of benzene rings is 2. The minimum absolute atomic E-state index is 0.0308. The van der Waals surface area contributed by atoms with Crippen LogP contribution in [0, 0.1) is 0 Å². The van der Waals surface area contributed by atoms with Crippen LogP contribution in [0.25, 0.3) is 0 Å². The minimum atomic E-state index is -3.78. The van der Waals surface area contributed by atoms with Crippen molar-refractivity contribution >= 4 is 27.5 Å². The van der Waals surface area contributed by atoms with Gasteiger partial charge in [0.1, 0.15) is 10.6 Å². The number of hydrogen-bond donors (Lipinski definition) is 1. The summed E-state index contributed by atoms with van der Waals surface area (Å²) in [4.78, 5) is 12.7. The van der Waals surface area contributed by atoms with E-state index in [2.05, 4.69) is 5.32 Å². The highest BCUT2D eigenvalue weighted by molar-refractivity contribution is 7.89. The van der Waals surface area contributed by atoms with Gasteiger partial charge in [-0.1, -0.05) is 43.6 Å². The fourth-order valence-electron chi connectivity index (χ4n) is 2.91. The monoisotopic (exact) mass is 424 g/mol. The van der Waals surface area contributed by atoms with Gasteiger partial charge in [0.05, 0.1) is 13.2 Å². The second-order valence-electron chi connectivity index (χ2n) is 6.17. The van der Waals surface area contributed by atoms with E-state index < -0.39 is 15.9 Å². The van der Waals surface area contributed by atoms with Crippen LogP contribution in [-0.2, 0) is 10.0 Å². The lowest BCUT2D eigenvalue weighted by molar-refractivity contribution is 0.0939. The molecule has 0 spiro atoms. The van der Waals surface area contributed by atoms with Gasteiger partial charge in [-0.25, -0.2) is 8.42 Å². The fourth-order valence-corrected chi connectivity index (χ4v) is 4.85. The van der Waals surface area contributed by atoms with E-state index in [9.17, 15) is 13.2 Å². The first kappa shape index (κ1) is 22.2. The van der Waals surface area contributed by atoms with Crippen molar-refractivity contribution in [2.75, 3.05) is 20.2 Å². The molecule has 0 saturated carbocycles. The van der Waals surface area contributed by atoms with Crippen molar-refractivity contribution in [1.29, 1.82) is 0 Å². The lowest BCUT2D eigenvalue weighted by atomic mass is 10.1. The zero-order chi connectivity index (χ0) is 20.9. The number of hydrogen-bond acceptors (Lipinski definition) is 4. The van der Waals surface area contributed by atoms with Crippen LogP contribution in [0.5, 0.6) is 5.75 Å². The molecule has 0 heterocycles. The first-order valence-electron chi connectivity index (χ1n) is 8.99. The summed E-state index contributed by atoms with van der Waals surface area (Å²) in [6, 6.07) is 11.3. The van der Waals surface area contributed by atoms with Crippen molar-refractivity contribution in [2.45, 2.75) is 31.7 Å². The number of carbonyl (C=O) groups excluding carboxylic acids is 1. The Morgan fingerprint density at radius 3 is 2.39 bits per heavy atom. The van der Waals surface area contributed by atoms with Crippen molar-refractivity contribution in [1.82, 2.24) is 9.62 Å². The van der Waals surface area contributed by atoms with E-state index in [0.29, 0.717) is 18.1 Å². The smallest absolute Gasteiger partial charge is 0.251 e. The van der Waals surface area contributed by atoms with Crippen LogP contribution >= 0.6 is 11.6 Å². The number of rotatable bonds is 8. The van der Waals surface area contributed by atoms with Crippen molar-refractivity contribution < 1.29 is 17.9 Å². The maximum Gasteiger partial charge on any atom is 0.251 e. The number of carbonyl (C=O) groups is 1. The number of sulfonamides is 1. The number of amides is 1. The molecule has 0 aliphatic carbocycles. The first-order chi connectivity index (χ1) is 13.3. The molecule has 8 heteroatoms. The molecule has 1 unspecified atom stereocenters. The van der Waals surface area contributed by atoms with Gasteiger partial charge in [0.25, 0.3) is 5.91 Å². The van der Waals surface area contributed by atoms with Crippen molar-refractivity contribution in [2.24, 2.45) is 0 Å². The Morgan fingerprint density at radius 2 is 1.82 bits per heavy atom. The van der Waals surface area contributed by atoms with Gasteiger partial charge in [0, 0.05) is 23.7 Å². The Bertz CT molecular complexity index is 943. The summed E-state index contributed by atoms with van der Waals surface area (Å²) >= 11 is 6.19. The van der Waals surface area contributed by atoms with Crippen LogP contribution in [0.4, 0.5) is 0 Å². The summed E-state index contributed by atoms with van der Waals surface area (Å²) in [5.74, 6) is -0.200. The van der Waals surface area contributed by atoms with Gasteiger partial charge in [0.2, 0.25) is 10.0 Å². The predicted octanol–water partition coefficient (Wildman–Crippen LogP) is 3.87. The van der Waals surface area contributed by atoms with Crippen LogP contribution in [0.3, 0.4) is 0 Å². The highest BCUT2D eigenvalue weighted by atomic mass is 35.5. The Labute approximate surface area is 171 Å². The Kier molecular flexibility index (Phi) is 7.46. The van der Waals surface area contributed by atoms with Crippen molar-refractivity contribution in [3.05, 3.63) is 58.6 Å². The third kappa shape index (κ3) is 4.66. The van der Waals surface area contributed by atoms with E-state index in [4.69, 9.17) is 16.3 Å². The van der Waals surface area contributed by atoms with Crippen LogP contribution in [0.15, 0.2) is 47.4 Å². The molecule has 1 N–H and O–H groups in total. The highest BCUT2D eigenvalue weighted by Gasteiger charge is 2.27. The molecule has 0 fully saturated rings. The van der Waals surface area contributed by atoms with Crippen LogP contribution in [0.1, 0.15) is 42.7 Å². The largest absolute Gasteiger partial charge is 0.495 e. The zero-order valence-electron chi connectivity index (χ0n) is 16.4. The normalized spacial score (nSPS) is 12.6. The lowest BCUT2D eigenvalue weighted by Crippen LogP contribution is -2.31. The van der Waals surface area contributed by atoms with Gasteiger partial charge in [-0.3, -0.25) is 4.79 Å². The average molecular weight is 425 g/mol. The van der Waals surface area contributed by atoms with Gasteiger partial charge in [-0.05, 0) is 36.8 Å². The summed E-state index contributed by atoms with van der Waals surface area (Å²) in [5.41, 5.74) is 1.01. The van der Waals surface area contributed by atoms with Crippen LogP contribution in [0.2, 0.25) is 5.02 Å². The summed E-state index contributed by atoms with van der Waals surface area (Å²) in [6.07, 6.45) is 0. The highest BCUT2D eigenvalue weighted by Crippen LogP contribution is 2.28. The van der Waals surface area contributed by atoms with Gasteiger partial charge in [-0.15, -0.1) is 0 Å². The van der Waals surface area contributed by atoms with Gasteiger partial charge in [0.15, 0.2) is 0 Å². The standard InChI is InChI=1S/C20H25ClN2O4S/c1-5-23(6-2)28(25,26)19-13-15(11-12-18(19)27-4)20(24)22-14(3)16-9-7-8-10-17(16)21/h7-14H,5-6H2,1-4H3,(H,22,24). The van der Waals surface area contributed by atoms with Crippen molar-refractivity contribution in [3.63, 3.8) is 0 Å². The van der Waals surface area contributed by atoms with Gasteiger partial charge >= 0.3 is 0 Å². The Morgan fingerprint density at radius 1 is 1.18 bits per heavy atom. The van der Waals surface area contributed by atoms with E-state index in [0.717, 1.165) is 5.56 Å². The molecule has 152 valence electrons. The van der Waals surface area contributed by atoms with Gasteiger partial charge in [-0.2, -0.15) is 4.31 Å². The van der Waals surface area contributed by atoms with Crippen LogP contribution in [-0.4, -0.2) is 38.8 Å². The average Bonchev–Trinajstić information content (AvgIpc) is 2.68. The Hall–Kier alpha value is -2.09. The third-order valence-electron chi connectivity index (χ3n) is 4.47. The topological polar surface area (TPSA) is 75.7 Å². The molecule has 0 aliphatic heterocycles. The number of nitrogens with one attached hydrogen (secondary N) is 1. The van der Waals surface area contributed by atoms with E-state index in [-0.39, 0.29) is 22.3 Å². The minimum Gasteiger partial charge on any atom is -0.495 e. The number of halogens is 1. The molecule has 1 atom stereocenters. The third-order valence-corrected chi connectivity index (χ3v) is 6.88.